The number of phenolic OH excluding ortho intramolecular Hbond substituents is 2. The predicted octanol–water partition coefficient (Wildman–Crippen LogP) is 1.61. The lowest BCUT2D eigenvalue weighted by molar-refractivity contribution is 0.0739. The minimum atomic E-state index is -0.513. The second kappa shape index (κ2) is 5.41. The molecule has 0 aromatic heterocycles. The molecule has 2 aromatic rings. The van der Waals surface area contributed by atoms with E-state index in [1.807, 2.05) is 0 Å². The fourth-order valence-electron chi connectivity index (χ4n) is 1.71. The van der Waals surface area contributed by atoms with Crippen LogP contribution in [0.3, 0.4) is 0 Å². The minimum absolute atomic E-state index is 0.0554. The quantitative estimate of drug-likeness (QED) is 0.443. The van der Waals surface area contributed by atoms with Crippen molar-refractivity contribution in [3.8, 4) is 11.5 Å². The maximum Gasteiger partial charge on any atom is 0.271 e. The Morgan fingerprint density at radius 1 is 1.00 bits per heavy atom. The van der Waals surface area contributed by atoms with Gasteiger partial charge in [-0.25, -0.2) is 5.84 Å². The Bertz CT molecular complexity index is 599. The molecule has 5 nitrogen and oxygen atoms in total. The third-order valence-corrected chi connectivity index (χ3v) is 2.73. The molecule has 1 amide bonds. The average Bonchev–Trinajstić information content (AvgIpc) is 2.41. The molecule has 0 aliphatic heterocycles. The van der Waals surface area contributed by atoms with Crippen LogP contribution in [0.25, 0.3) is 0 Å². The van der Waals surface area contributed by atoms with Crippen LogP contribution in [-0.2, 0) is 6.54 Å². The topological polar surface area (TPSA) is 86.8 Å². The van der Waals surface area contributed by atoms with Gasteiger partial charge in [0.25, 0.3) is 5.91 Å². The number of hydrazine groups is 1. The number of benzene rings is 2. The van der Waals surface area contributed by atoms with Crippen LogP contribution < -0.4 is 5.84 Å². The summed E-state index contributed by atoms with van der Waals surface area (Å²) in [6.45, 7) is 0.0554. The SMILES string of the molecule is NN(Cc1ccccc1O)C(=O)c1ccccc1O. The molecule has 0 unspecified atom stereocenters. The van der Waals surface area contributed by atoms with Gasteiger partial charge in [-0.05, 0) is 18.2 Å². The molecule has 0 spiro atoms. The third-order valence-electron chi connectivity index (χ3n) is 2.73. The molecule has 5 heteroatoms. The van der Waals surface area contributed by atoms with Crippen LogP contribution in [0.15, 0.2) is 48.5 Å². The van der Waals surface area contributed by atoms with Crippen LogP contribution >= 0.6 is 0 Å². The molecule has 0 aliphatic carbocycles. The second-order valence-corrected chi connectivity index (χ2v) is 4.08. The van der Waals surface area contributed by atoms with Crippen molar-refractivity contribution in [3.05, 3.63) is 59.7 Å². The molecular formula is C14H14N2O3. The largest absolute Gasteiger partial charge is 0.508 e. The van der Waals surface area contributed by atoms with Gasteiger partial charge in [-0.1, -0.05) is 30.3 Å². The molecular weight excluding hydrogens is 244 g/mol. The van der Waals surface area contributed by atoms with E-state index in [4.69, 9.17) is 5.84 Å². The Morgan fingerprint density at radius 3 is 2.21 bits per heavy atom. The first-order valence-electron chi connectivity index (χ1n) is 5.71. The van der Waals surface area contributed by atoms with Crippen LogP contribution in [0.4, 0.5) is 0 Å². The van der Waals surface area contributed by atoms with E-state index in [1.54, 1.807) is 30.3 Å². The van der Waals surface area contributed by atoms with E-state index in [9.17, 15) is 15.0 Å². The van der Waals surface area contributed by atoms with Crippen LogP contribution in [0.1, 0.15) is 15.9 Å². The smallest absolute Gasteiger partial charge is 0.271 e. The van der Waals surface area contributed by atoms with Crippen LogP contribution in [0.5, 0.6) is 11.5 Å². The highest BCUT2D eigenvalue weighted by Crippen LogP contribution is 2.20. The molecule has 0 radical (unpaired) electrons. The van der Waals surface area contributed by atoms with Crippen molar-refractivity contribution < 1.29 is 15.0 Å². The van der Waals surface area contributed by atoms with Crippen molar-refractivity contribution in [2.45, 2.75) is 6.54 Å². The number of hydrogen-bond donors (Lipinski definition) is 3. The van der Waals surface area contributed by atoms with Gasteiger partial charge >= 0.3 is 0 Å². The standard InChI is InChI=1S/C14H14N2O3/c15-16(9-10-5-1-3-7-12(10)17)14(19)11-6-2-4-8-13(11)18/h1-8,17-18H,9,15H2. The summed E-state index contributed by atoms with van der Waals surface area (Å²) in [6.07, 6.45) is 0. The van der Waals surface area contributed by atoms with E-state index >= 15 is 0 Å². The molecule has 0 saturated carbocycles. The first-order valence-corrected chi connectivity index (χ1v) is 5.71. The molecule has 2 rings (SSSR count). The average molecular weight is 258 g/mol. The van der Waals surface area contributed by atoms with Gasteiger partial charge in [0, 0.05) is 5.56 Å². The van der Waals surface area contributed by atoms with Crippen molar-refractivity contribution in [2.75, 3.05) is 0 Å². The van der Waals surface area contributed by atoms with E-state index in [2.05, 4.69) is 0 Å². The summed E-state index contributed by atoms with van der Waals surface area (Å²) in [4.78, 5) is 12.0. The number of phenols is 2. The Hall–Kier alpha value is -2.53. The monoisotopic (exact) mass is 258 g/mol. The van der Waals surface area contributed by atoms with Crippen molar-refractivity contribution >= 4 is 5.91 Å². The first-order chi connectivity index (χ1) is 9.09. The van der Waals surface area contributed by atoms with E-state index in [0.717, 1.165) is 5.01 Å². The first kappa shape index (κ1) is 12.9. The molecule has 98 valence electrons. The minimum Gasteiger partial charge on any atom is -0.508 e. The molecule has 0 saturated heterocycles. The second-order valence-electron chi connectivity index (χ2n) is 4.08. The number of nitrogens with zero attached hydrogens (tertiary/aromatic N) is 1. The molecule has 0 heterocycles. The number of carbonyl (C=O) groups is 1. The van der Waals surface area contributed by atoms with Crippen molar-refractivity contribution in [3.63, 3.8) is 0 Å². The summed E-state index contributed by atoms with van der Waals surface area (Å²) in [7, 11) is 0. The summed E-state index contributed by atoms with van der Waals surface area (Å²) in [5.41, 5.74) is 0.661. The number of para-hydroxylation sites is 2. The maximum atomic E-state index is 12.0. The summed E-state index contributed by atoms with van der Waals surface area (Å²) in [6, 6.07) is 12.8. The van der Waals surface area contributed by atoms with Crippen molar-refractivity contribution in [2.24, 2.45) is 5.84 Å². The van der Waals surface area contributed by atoms with Crippen molar-refractivity contribution in [1.82, 2.24) is 5.01 Å². The number of aromatic hydroxyl groups is 2. The highest BCUT2D eigenvalue weighted by atomic mass is 16.3. The fourth-order valence-corrected chi connectivity index (χ4v) is 1.71. The van der Waals surface area contributed by atoms with E-state index in [-0.39, 0.29) is 23.6 Å². The zero-order chi connectivity index (χ0) is 13.8. The number of nitrogens with two attached hydrogens (primary N) is 1. The van der Waals surface area contributed by atoms with Gasteiger partial charge in [-0.3, -0.25) is 9.80 Å². The van der Waals surface area contributed by atoms with Gasteiger partial charge in [0.05, 0.1) is 12.1 Å². The summed E-state index contributed by atoms with van der Waals surface area (Å²) in [5.74, 6) is 5.12. The molecule has 0 aliphatic rings. The predicted molar refractivity (Wildman–Crippen MR) is 70.3 cm³/mol. The Balaban J connectivity index is 2.17. The van der Waals surface area contributed by atoms with Gasteiger partial charge in [0.15, 0.2) is 0 Å². The Morgan fingerprint density at radius 2 is 1.58 bits per heavy atom. The van der Waals surface area contributed by atoms with Gasteiger partial charge in [-0.2, -0.15) is 0 Å². The van der Waals surface area contributed by atoms with Crippen LogP contribution in [0.2, 0.25) is 0 Å². The maximum absolute atomic E-state index is 12.0. The zero-order valence-corrected chi connectivity index (χ0v) is 10.2. The van der Waals surface area contributed by atoms with Crippen molar-refractivity contribution in [1.29, 1.82) is 0 Å². The lowest BCUT2D eigenvalue weighted by Gasteiger charge is -2.17. The third kappa shape index (κ3) is 2.83. The van der Waals surface area contributed by atoms with Gasteiger partial charge in [-0.15, -0.1) is 0 Å². The van der Waals surface area contributed by atoms with Crippen LogP contribution in [-0.4, -0.2) is 21.1 Å². The van der Waals surface area contributed by atoms with E-state index in [0.29, 0.717) is 5.56 Å². The lowest BCUT2D eigenvalue weighted by atomic mass is 10.1. The lowest BCUT2D eigenvalue weighted by Crippen LogP contribution is -2.36. The summed E-state index contributed by atoms with van der Waals surface area (Å²) in [5, 5.41) is 20.2. The summed E-state index contributed by atoms with van der Waals surface area (Å²) < 4.78 is 0. The van der Waals surface area contributed by atoms with Gasteiger partial charge in [0.2, 0.25) is 0 Å². The molecule has 4 N–H and O–H groups in total. The molecule has 0 bridgehead atoms. The van der Waals surface area contributed by atoms with E-state index < -0.39 is 5.91 Å². The highest BCUT2D eigenvalue weighted by Gasteiger charge is 2.17. The number of rotatable bonds is 3. The molecule has 0 atom stereocenters. The highest BCUT2D eigenvalue weighted by molar-refractivity contribution is 5.96. The zero-order valence-electron chi connectivity index (χ0n) is 10.2. The number of carbonyl (C=O) groups excluding carboxylic acids is 1. The normalized spacial score (nSPS) is 10.2. The molecule has 2 aromatic carbocycles. The molecule has 0 fully saturated rings. The number of amides is 1. The van der Waals surface area contributed by atoms with Gasteiger partial charge in [0.1, 0.15) is 11.5 Å². The Labute approximate surface area is 110 Å². The van der Waals surface area contributed by atoms with Crippen LogP contribution in [0, 0.1) is 0 Å². The van der Waals surface area contributed by atoms with Gasteiger partial charge < -0.3 is 10.2 Å². The molecule has 19 heavy (non-hydrogen) atoms. The number of hydrogen-bond acceptors (Lipinski definition) is 4. The fraction of sp³-hybridized carbons (Fsp3) is 0.0714. The Kier molecular flexibility index (Phi) is 3.68. The summed E-state index contributed by atoms with van der Waals surface area (Å²) >= 11 is 0. The van der Waals surface area contributed by atoms with E-state index in [1.165, 1.54) is 18.2 Å².